The first-order valence-corrected chi connectivity index (χ1v) is 13.1. The standard InChI is InChI=1S/C30H20FN7S/c1-17(18-6-3-2-4-7-18)34-21-12-20(13-32-14-21)27-26(31)25-24(15-33-27)37-38-29(25)30-35-23-9-5-8-22(28(23)36-30)19-10-11-39-16-19/h2-16,34H,1H2,(H,35,36)(H,37,38). The second-order valence-corrected chi connectivity index (χ2v) is 9.79. The monoisotopic (exact) mass is 529 g/mol. The van der Waals surface area contributed by atoms with Crippen LogP contribution in [0.4, 0.5) is 10.1 Å². The van der Waals surface area contributed by atoms with Crippen molar-refractivity contribution in [3.05, 3.63) is 108 Å². The summed E-state index contributed by atoms with van der Waals surface area (Å²) in [6, 6.07) is 19.6. The summed E-state index contributed by atoms with van der Waals surface area (Å²) in [5, 5.41) is 15.0. The molecule has 0 aliphatic heterocycles. The molecule has 7 nitrogen and oxygen atoms in total. The average molecular weight is 530 g/mol. The Morgan fingerprint density at radius 1 is 0.923 bits per heavy atom. The van der Waals surface area contributed by atoms with Gasteiger partial charge >= 0.3 is 0 Å². The van der Waals surface area contributed by atoms with Crippen LogP contribution in [0, 0.1) is 5.82 Å². The lowest BCUT2D eigenvalue weighted by Gasteiger charge is -2.11. The number of imidazole rings is 1. The molecular weight excluding hydrogens is 509 g/mol. The Morgan fingerprint density at radius 2 is 1.82 bits per heavy atom. The lowest BCUT2D eigenvalue weighted by molar-refractivity contribution is 0.638. The van der Waals surface area contributed by atoms with Gasteiger partial charge in [0.25, 0.3) is 0 Å². The Bertz CT molecular complexity index is 1970. The number of aromatic amines is 2. The zero-order valence-electron chi connectivity index (χ0n) is 20.4. The number of thiophene rings is 1. The summed E-state index contributed by atoms with van der Waals surface area (Å²) in [6.45, 7) is 4.11. The van der Waals surface area contributed by atoms with Crippen LogP contribution in [0.2, 0.25) is 0 Å². The maximum absolute atomic E-state index is 16.1. The molecule has 2 aromatic carbocycles. The molecule has 7 rings (SSSR count). The van der Waals surface area contributed by atoms with Crippen LogP contribution in [0.25, 0.3) is 61.5 Å². The Labute approximate surface area is 226 Å². The number of rotatable bonds is 6. The van der Waals surface area contributed by atoms with Crippen LogP contribution in [0.1, 0.15) is 5.56 Å². The Hall–Kier alpha value is -5.15. The van der Waals surface area contributed by atoms with Crippen LogP contribution in [0.15, 0.2) is 96.6 Å². The number of para-hydroxylation sites is 1. The average Bonchev–Trinajstić information content (AvgIpc) is 3.73. The van der Waals surface area contributed by atoms with Crippen LogP contribution in [0.5, 0.6) is 0 Å². The van der Waals surface area contributed by atoms with E-state index in [2.05, 4.69) is 48.5 Å². The molecule has 0 aliphatic rings. The summed E-state index contributed by atoms with van der Waals surface area (Å²) < 4.78 is 16.1. The highest BCUT2D eigenvalue weighted by atomic mass is 32.1. The number of halogens is 1. The van der Waals surface area contributed by atoms with Crippen molar-refractivity contribution in [1.29, 1.82) is 0 Å². The molecule has 0 atom stereocenters. The summed E-state index contributed by atoms with van der Waals surface area (Å²) in [6.07, 6.45) is 4.82. The lowest BCUT2D eigenvalue weighted by Crippen LogP contribution is -1.99. The number of pyridine rings is 2. The first-order valence-electron chi connectivity index (χ1n) is 12.2. The third kappa shape index (κ3) is 4.05. The van der Waals surface area contributed by atoms with Crippen molar-refractivity contribution < 1.29 is 4.39 Å². The van der Waals surface area contributed by atoms with Crippen LogP contribution in [-0.4, -0.2) is 30.1 Å². The highest BCUT2D eigenvalue weighted by Gasteiger charge is 2.21. The van der Waals surface area contributed by atoms with E-state index >= 15 is 4.39 Å². The van der Waals surface area contributed by atoms with E-state index in [1.54, 1.807) is 36.0 Å². The maximum Gasteiger partial charge on any atom is 0.161 e. The van der Waals surface area contributed by atoms with Gasteiger partial charge in [-0.15, -0.1) is 0 Å². The summed E-state index contributed by atoms with van der Waals surface area (Å²) >= 11 is 1.63. The summed E-state index contributed by atoms with van der Waals surface area (Å²) in [4.78, 5) is 16.8. The fourth-order valence-corrected chi connectivity index (χ4v) is 5.32. The fourth-order valence-electron chi connectivity index (χ4n) is 4.67. The Balaban J connectivity index is 1.29. The molecular formula is C30H20FN7S. The van der Waals surface area contributed by atoms with Gasteiger partial charge in [0.05, 0.1) is 40.0 Å². The van der Waals surface area contributed by atoms with Gasteiger partial charge in [-0.05, 0) is 40.1 Å². The molecule has 0 aliphatic carbocycles. The number of nitrogens with zero attached hydrogens (tertiary/aromatic N) is 4. The number of hydrogen-bond acceptors (Lipinski definition) is 6. The largest absolute Gasteiger partial charge is 0.354 e. The van der Waals surface area contributed by atoms with Crippen LogP contribution < -0.4 is 5.32 Å². The highest BCUT2D eigenvalue weighted by molar-refractivity contribution is 7.08. The van der Waals surface area contributed by atoms with Gasteiger partial charge in [0.15, 0.2) is 11.6 Å². The van der Waals surface area contributed by atoms with E-state index in [0.717, 1.165) is 27.7 Å². The minimum Gasteiger partial charge on any atom is -0.354 e. The summed E-state index contributed by atoms with van der Waals surface area (Å²) in [5.41, 5.74) is 7.64. The zero-order valence-corrected chi connectivity index (χ0v) is 21.3. The van der Waals surface area contributed by atoms with E-state index in [9.17, 15) is 0 Å². The quantitative estimate of drug-likeness (QED) is 0.207. The van der Waals surface area contributed by atoms with Crippen molar-refractivity contribution in [2.24, 2.45) is 0 Å². The van der Waals surface area contributed by atoms with E-state index in [4.69, 9.17) is 4.98 Å². The molecule has 9 heteroatoms. The van der Waals surface area contributed by atoms with E-state index < -0.39 is 5.82 Å². The molecule has 3 N–H and O–H groups in total. The molecule has 0 radical (unpaired) electrons. The van der Waals surface area contributed by atoms with Gasteiger partial charge in [-0.2, -0.15) is 16.4 Å². The lowest BCUT2D eigenvalue weighted by atomic mass is 10.1. The molecule has 0 amide bonds. The second-order valence-electron chi connectivity index (χ2n) is 9.01. The van der Waals surface area contributed by atoms with Gasteiger partial charge in [0.2, 0.25) is 0 Å². The number of anilines is 1. The number of benzene rings is 2. The predicted octanol–water partition coefficient (Wildman–Crippen LogP) is 7.51. The van der Waals surface area contributed by atoms with E-state index in [1.165, 1.54) is 0 Å². The molecule has 7 aromatic rings. The maximum atomic E-state index is 16.1. The smallest absolute Gasteiger partial charge is 0.161 e. The van der Waals surface area contributed by atoms with Crippen molar-refractivity contribution in [1.82, 2.24) is 30.1 Å². The highest BCUT2D eigenvalue weighted by Crippen LogP contribution is 2.35. The molecule has 5 aromatic heterocycles. The minimum absolute atomic E-state index is 0.168. The molecule has 188 valence electrons. The molecule has 39 heavy (non-hydrogen) atoms. The fraction of sp³-hybridized carbons (Fsp3) is 0. The van der Waals surface area contributed by atoms with Crippen LogP contribution in [-0.2, 0) is 0 Å². The Morgan fingerprint density at radius 3 is 2.67 bits per heavy atom. The molecule has 0 saturated heterocycles. The summed E-state index contributed by atoms with van der Waals surface area (Å²) in [7, 11) is 0. The molecule has 0 unspecified atom stereocenters. The zero-order chi connectivity index (χ0) is 26.3. The molecule has 0 saturated carbocycles. The van der Waals surface area contributed by atoms with Gasteiger partial charge in [-0.1, -0.05) is 49.0 Å². The van der Waals surface area contributed by atoms with E-state index in [-0.39, 0.29) is 5.69 Å². The third-order valence-corrected chi connectivity index (χ3v) is 7.23. The third-order valence-electron chi connectivity index (χ3n) is 6.54. The molecule has 0 spiro atoms. The van der Waals surface area contributed by atoms with Crippen molar-refractivity contribution in [3.8, 4) is 33.9 Å². The SMILES string of the molecule is C=C(Nc1cncc(-c2ncc3[nH]nc(-c4nc5c(-c6ccsc6)cccc5[nH]4)c3c2F)c1)c1ccccc1. The van der Waals surface area contributed by atoms with Gasteiger partial charge in [0, 0.05) is 23.0 Å². The van der Waals surface area contributed by atoms with Crippen molar-refractivity contribution in [3.63, 3.8) is 0 Å². The predicted molar refractivity (Wildman–Crippen MR) is 155 cm³/mol. The number of hydrogen-bond donors (Lipinski definition) is 3. The molecule has 0 fully saturated rings. The van der Waals surface area contributed by atoms with E-state index in [0.29, 0.717) is 39.4 Å². The van der Waals surface area contributed by atoms with Crippen LogP contribution >= 0.6 is 11.3 Å². The van der Waals surface area contributed by atoms with Crippen molar-refractivity contribution in [2.75, 3.05) is 5.32 Å². The first-order chi connectivity index (χ1) is 19.2. The van der Waals surface area contributed by atoms with E-state index in [1.807, 2.05) is 53.9 Å². The van der Waals surface area contributed by atoms with Gasteiger partial charge in [-0.3, -0.25) is 15.1 Å². The number of fused-ring (bicyclic) bond motifs is 2. The van der Waals surface area contributed by atoms with Gasteiger partial charge in [-0.25, -0.2) is 9.37 Å². The molecule has 5 heterocycles. The topological polar surface area (TPSA) is 95.2 Å². The van der Waals surface area contributed by atoms with Gasteiger partial charge < -0.3 is 10.3 Å². The number of H-pyrrole nitrogens is 2. The van der Waals surface area contributed by atoms with Gasteiger partial charge in [0.1, 0.15) is 11.4 Å². The number of aromatic nitrogens is 6. The second kappa shape index (κ2) is 9.30. The van der Waals surface area contributed by atoms with Crippen LogP contribution in [0.3, 0.4) is 0 Å². The van der Waals surface area contributed by atoms with Crippen molar-refractivity contribution in [2.45, 2.75) is 0 Å². The summed E-state index contributed by atoms with van der Waals surface area (Å²) in [5.74, 6) is -0.0294. The minimum atomic E-state index is -0.504. The molecule has 0 bridgehead atoms. The Kier molecular flexibility index (Phi) is 5.49. The normalized spacial score (nSPS) is 11.3. The first kappa shape index (κ1) is 23.0. The van der Waals surface area contributed by atoms with Crippen molar-refractivity contribution >= 4 is 44.7 Å². The number of nitrogens with one attached hydrogen (secondary N) is 3.